The van der Waals surface area contributed by atoms with E-state index in [-0.39, 0.29) is 5.92 Å². The van der Waals surface area contributed by atoms with E-state index in [0.717, 1.165) is 12.8 Å². The second-order valence-electron chi connectivity index (χ2n) is 6.09. The summed E-state index contributed by atoms with van der Waals surface area (Å²) in [6.45, 7) is 8.11. The van der Waals surface area contributed by atoms with Gasteiger partial charge in [-0.2, -0.15) is 0 Å². The third-order valence-electron chi connectivity index (χ3n) is 4.34. The number of aliphatic hydroxyl groups excluding tert-OH is 1. The molecule has 2 N–H and O–H groups in total. The molecule has 0 aromatic carbocycles. The molecule has 3 nitrogen and oxygen atoms in total. The fourth-order valence-corrected chi connectivity index (χ4v) is 3.44. The highest BCUT2D eigenvalue weighted by Crippen LogP contribution is 2.42. The first-order valence-corrected chi connectivity index (χ1v) is 6.75. The molecule has 0 spiro atoms. The highest BCUT2D eigenvalue weighted by Gasteiger charge is 2.41. The zero-order valence-electron chi connectivity index (χ0n) is 11.4. The summed E-state index contributed by atoms with van der Waals surface area (Å²) in [5.74, 6) is 0.178. The SMILES string of the molecule is CC(O)C(C(=O)O)[C@H]1C[C@@H](C)CC[C@@H]1C(C)C. The molecular weight excluding hydrogens is 216 g/mol. The lowest BCUT2D eigenvalue weighted by Crippen LogP contribution is -2.41. The van der Waals surface area contributed by atoms with Gasteiger partial charge in [-0.05, 0) is 43.4 Å². The Morgan fingerprint density at radius 2 is 1.76 bits per heavy atom. The molecule has 5 atom stereocenters. The van der Waals surface area contributed by atoms with Crippen LogP contribution in [0.15, 0.2) is 0 Å². The average Bonchev–Trinajstić information content (AvgIpc) is 2.15. The van der Waals surface area contributed by atoms with E-state index in [1.807, 2.05) is 0 Å². The van der Waals surface area contributed by atoms with Gasteiger partial charge in [-0.1, -0.05) is 27.2 Å². The van der Waals surface area contributed by atoms with E-state index >= 15 is 0 Å². The zero-order chi connectivity index (χ0) is 13.2. The van der Waals surface area contributed by atoms with Gasteiger partial charge in [0.2, 0.25) is 0 Å². The summed E-state index contributed by atoms with van der Waals surface area (Å²) in [6.07, 6.45) is 2.46. The number of hydrogen-bond donors (Lipinski definition) is 2. The van der Waals surface area contributed by atoms with Gasteiger partial charge in [0.25, 0.3) is 0 Å². The van der Waals surface area contributed by atoms with Crippen molar-refractivity contribution in [2.45, 2.75) is 53.1 Å². The van der Waals surface area contributed by atoms with Crippen LogP contribution >= 0.6 is 0 Å². The predicted octanol–water partition coefficient (Wildman–Crippen LogP) is 2.78. The van der Waals surface area contributed by atoms with Crippen molar-refractivity contribution < 1.29 is 15.0 Å². The maximum absolute atomic E-state index is 11.4. The highest BCUT2D eigenvalue weighted by atomic mass is 16.4. The van der Waals surface area contributed by atoms with Crippen molar-refractivity contribution in [2.24, 2.45) is 29.6 Å². The van der Waals surface area contributed by atoms with E-state index in [1.165, 1.54) is 6.42 Å². The fourth-order valence-electron chi connectivity index (χ4n) is 3.44. The van der Waals surface area contributed by atoms with E-state index in [2.05, 4.69) is 20.8 Å². The number of carboxylic acids is 1. The van der Waals surface area contributed by atoms with Crippen molar-refractivity contribution in [3.05, 3.63) is 0 Å². The molecule has 1 aliphatic rings. The highest BCUT2D eigenvalue weighted by molar-refractivity contribution is 5.71. The Labute approximate surface area is 104 Å². The largest absolute Gasteiger partial charge is 0.481 e. The van der Waals surface area contributed by atoms with Crippen LogP contribution in [0.5, 0.6) is 0 Å². The summed E-state index contributed by atoms with van der Waals surface area (Å²) in [5, 5.41) is 19.1. The van der Waals surface area contributed by atoms with Crippen LogP contribution in [0, 0.1) is 29.6 Å². The average molecular weight is 242 g/mol. The van der Waals surface area contributed by atoms with Gasteiger partial charge in [0.1, 0.15) is 0 Å². The fraction of sp³-hybridized carbons (Fsp3) is 0.929. The van der Waals surface area contributed by atoms with Crippen LogP contribution in [0.1, 0.15) is 47.0 Å². The van der Waals surface area contributed by atoms with E-state index in [4.69, 9.17) is 0 Å². The summed E-state index contributed by atoms with van der Waals surface area (Å²) >= 11 is 0. The summed E-state index contributed by atoms with van der Waals surface area (Å²) in [5.41, 5.74) is 0. The molecule has 2 unspecified atom stereocenters. The standard InChI is InChI=1S/C14H26O3/c1-8(2)11-6-5-9(3)7-12(11)13(10(4)15)14(16)17/h8-13,15H,5-7H2,1-4H3,(H,16,17)/t9-,10?,11+,12-,13?/m0/s1. The minimum atomic E-state index is -0.843. The molecule has 1 aliphatic carbocycles. The molecule has 0 bridgehead atoms. The van der Waals surface area contributed by atoms with Gasteiger partial charge in [0.15, 0.2) is 0 Å². The summed E-state index contributed by atoms with van der Waals surface area (Å²) < 4.78 is 0. The molecule has 0 saturated heterocycles. The van der Waals surface area contributed by atoms with Crippen LogP contribution in [0.2, 0.25) is 0 Å². The molecule has 0 heterocycles. The van der Waals surface area contributed by atoms with Crippen LogP contribution in [-0.2, 0) is 4.79 Å². The Morgan fingerprint density at radius 1 is 1.18 bits per heavy atom. The van der Waals surface area contributed by atoms with Gasteiger partial charge >= 0.3 is 5.97 Å². The topological polar surface area (TPSA) is 57.5 Å². The molecule has 0 aromatic heterocycles. The molecule has 0 amide bonds. The minimum absolute atomic E-state index is 0.122. The summed E-state index contributed by atoms with van der Waals surface area (Å²) in [6, 6.07) is 0. The van der Waals surface area contributed by atoms with Gasteiger partial charge < -0.3 is 10.2 Å². The second-order valence-corrected chi connectivity index (χ2v) is 6.09. The predicted molar refractivity (Wildman–Crippen MR) is 67.6 cm³/mol. The Morgan fingerprint density at radius 3 is 2.18 bits per heavy atom. The van der Waals surface area contributed by atoms with Crippen molar-refractivity contribution in [3.8, 4) is 0 Å². The molecule has 3 heteroatoms. The van der Waals surface area contributed by atoms with Gasteiger partial charge in [0.05, 0.1) is 12.0 Å². The molecule has 0 aliphatic heterocycles. The lowest BCUT2D eigenvalue weighted by atomic mass is 9.64. The van der Waals surface area contributed by atoms with Crippen LogP contribution < -0.4 is 0 Å². The molecule has 17 heavy (non-hydrogen) atoms. The number of carboxylic acid groups (broad SMARTS) is 1. The maximum Gasteiger partial charge on any atom is 0.309 e. The number of aliphatic carboxylic acids is 1. The van der Waals surface area contributed by atoms with E-state index < -0.39 is 18.0 Å². The van der Waals surface area contributed by atoms with E-state index in [9.17, 15) is 15.0 Å². The second kappa shape index (κ2) is 5.85. The maximum atomic E-state index is 11.4. The lowest BCUT2D eigenvalue weighted by molar-refractivity contribution is -0.151. The number of aliphatic hydroxyl groups is 1. The van der Waals surface area contributed by atoms with Crippen molar-refractivity contribution in [2.75, 3.05) is 0 Å². The number of carbonyl (C=O) groups is 1. The minimum Gasteiger partial charge on any atom is -0.481 e. The Hall–Kier alpha value is -0.570. The van der Waals surface area contributed by atoms with Crippen LogP contribution in [0.3, 0.4) is 0 Å². The molecule has 1 fully saturated rings. The van der Waals surface area contributed by atoms with Gasteiger partial charge in [-0.15, -0.1) is 0 Å². The normalized spacial score (nSPS) is 33.4. The van der Waals surface area contributed by atoms with Gasteiger partial charge in [0, 0.05) is 0 Å². The monoisotopic (exact) mass is 242 g/mol. The third-order valence-corrected chi connectivity index (χ3v) is 4.34. The first-order valence-electron chi connectivity index (χ1n) is 6.75. The number of hydrogen-bond acceptors (Lipinski definition) is 2. The van der Waals surface area contributed by atoms with Gasteiger partial charge in [-0.25, -0.2) is 0 Å². The lowest BCUT2D eigenvalue weighted by Gasteiger charge is -2.41. The molecule has 1 saturated carbocycles. The molecule has 1 rings (SSSR count). The Kier molecular flexibility index (Phi) is 4.99. The van der Waals surface area contributed by atoms with Crippen molar-refractivity contribution in [3.63, 3.8) is 0 Å². The molecule has 100 valence electrons. The quantitative estimate of drug-likeness (QED) is 0.797. The van der Waals surface area contributed by atoms with Crippen molar-refractivity contribution in [1.82, 2.24) is 0 Å². The van der Waals surface area contributed by atoms with Crippen molar-refractivity contribution in [1.29, 1.82) is 0 Å². The summed E-state index contributed by atoms with van der Waals surface area (Å²) in [7, 11) is 0. The third kappa shape index (κ3) is 3.44. The summed E-state index contributed by atoms with van der Waals surface area (Å²) in [4.78, 5) is 11.4. The van der Waals surface area contributed by atoms with Crippen LogP contribution in [-0.4, -0.2) is 22.3 Å². The molecule has 0 radical (unpaired) electrons. The first kappa shape index (κ1) is 14.5. The first-order chi connectivity index (χ1) is 7.84. The van der Waals surface area contributed by atoms with E-state index in [1.54, 1.807) is 6.92 Å². The number of rotatable bonds is 4. The molecular formula is C14H26O3. The Bertz CT molecular complexity index is 260. The smallest absolute Gasteiger partial charge is 0.309 e. The van der Waals surface area contributed by atoms with E-state index in [0.29, 0.717) is 17.8 Å². The molecule has 0 aromatic rings. The van der Waals surface area contributed by atoms with Crippen LogP contribution in [0.4, 0.5) is 0 Å². The van der Waals surface area contributed by atoms with Gasteiger partial charge in [-0.3, -0.25) is 4.79 Å². The van der Waals surface area contributed by atoms with Crippen LogP contribution in [0.25, 0.3) is 0 Å². The Balaban J connectivity index is 2.90. The van der Waals surface area contributed by atoms with Crippen molar-refractivity contribution >= 4 is 5.97 Å². The zero-order valence-corrected chi connectivity index (χ0v) is 11.4.